The Morgan fingerprint density at radius 2 is 2.00 bits per heavy atom. The normalized spacial score (nSPS) is 24.9. The molecule has 0 amide bonds. The van der Waals surface area contributed by atoms with Gasteiger partial charge in [0.25, 0.3) is 0 Å². The highest BCUT2D eigenvalue weighted by Gasteiger charge is 2.38. The van der Waals surface area contributed by atoms with Gasteiger partial charge in [-0.1, -0.05) is 50.7 Å². The number of ether oxygens (including phenoxy) is 2. The molecule has 1 aliphatic rings. The highest BCUT2D eigenvalue weighted by atomic mass is 32.2. The summed E-state index contributed by atoms with van der Waals surface area (Å²) in [7, 11) is 0. The van der Waals surface area contributed by atoms with Gasteiger partial charge >= 0.3 is 0 Å². The van der Waals surface area contributed by atoms with Gasteiger partial charge < -0.3 is 9.47 Å². The predicted octanol–water partition coefficient (Wildman–Crippen LogP) is 4.86. The fraction of sp³-hybridized carbons (Fsp3) is 0.529. The van der Waals surface area contributed by atoms with Gasteiger partial charge in [0.15, 0.2) is 0 Å². The van der Waals surface area contributed by atoms with Crippen LogP contribution < -0.4 is 0 Å². The average molecular weight is 292 g/mol. The topological polar surface area (TPSA) is 18.5 Å². The van der Waals surface area contributed by atoms with Crippen molar-refractivity contribution in [2.45, 2.75) is 51.2 Å². The Balaban J connectivity index is 2.07. The Kier molecular flexibility index (Phi) is 5.17. The van der Waals surface area contributed by atoms with E-state index in [1.165, 1.54) is 4.90 Å². The van der Waals surface area contributed by atoms with E-state index in [1.807, 2.05) is 25.1 Å². The van der Waals surface area contributed by atoms with Crippen molar-refractivity contribution < 1.29 is 9.47 Å². The Morgan fingerprint density at radius 3 is 2.60 bits per heavy atom. The molecule has 3 heteroatoms. The van der Waals surface area contributed by atoms with Crippen molar-refractivity contribution in [3.8, 4) is 0 Å². The zero-order valence-corrected chi connectivity index (χ0v) is 13.6. The molecule has 0 aromatic heterocycles. The third-order valence-electron chi connectivity index (χ3n) is 3.41. The van der Waals surface area contributed by atoms with Crippen molar-refractivity contribution >= 4 is 11.8 Å². The first kappa shape index (κ1) is 15.5. The van der Waals surface area contributed by atoms with E-state index in [0.29, 0.717) is 0 Å². The van der Waals surface area contributed by atoms with E-state index in [4.69, 9.17) is 9.47 Å². The largest absolute Gasteiger partial charge is 0.491 e. The molecular formula is C17H24O2S. The van der Waals surface area contributed by atoms with Crippen molar-refractivity contribution in [3.63, 3.8) is 0 Å². The summed E-state index contributed by atoms with van der Waals surface area (Å²) in [6.45, 7) is 9.40. The quantitative estimate of drug-likeness (QED) is 0.738. The third kappa shape index (κ3) is 4.03. The fourth-order valence-corrected chi connectivity index (χ4v) is 2.98. The van der Waals surface area contributed by atoms with Gasteiger partial charge in [0.05, 0.1) is 0 Å². The fourth-order valence-electron chi connectivity index (χ4n) is 2.21. The summed E-state index contributed by atoms with van der Waals surface area (Å²) in [5.41, 5.74) is 0.141. The maximum Gasteiger partial charge on any atom is 0.132 e. The van der Waals surface area contributed by atoms with Crippen LogP contribution in [0, 0.1) is 5.41 Å². The van der Waals surface area contributed by atoms with Crippen LogP contribution in [0.4, 0.5) is 0 Å². The van der Waals surface area contributed by atoms with Crippen LogP contribution in [0.2, 0.25) is 0 Å². The number of hydrogen-bond donors (Lipinski definition) is 0. The lowest BCUT2D eigenvalue weighted by Crippen LogP contribution is -2.25. The van der Waals surface area contributed by atoms with Crippen molar-refractivity contribution in [1.29, 1.82) is 0 Å². The second-order valence-corrected chi connectivity index (χ2v) is 7.05. The van der Waals surface area contributed by atoms with E-state index in [9.17, 15) is 0 Å². The van der Waals surface area contributed by atoms with E-state index in [2.05, 4.69) is 38.3 Å². The minimum atomic E-state index is 0.0976. The van der Waals surface area contributed by atoms with E-state index in [1.54, 1.807) is 11.8 Å². The molecule has 1 aromatic rings. The van der Waals surface area contributed by atoms with E-state index in [0.717, 1.165) is 18.8 Å². The first-order valence-corrected chi connectivity index (χ1v) is 8.08. The van der Waals surface area contributed by atoms with Crippen LogP contribution >= 0.6 is 11.8 Å². The highest BCUT2D eigenvalue weighted by Crippen LogP contribution is 2.38. The Labute approximate surface area is 126 Å². The first-order chi connectivity index (χ1) is 9.50. The third-order valence-corrected chi connectivity index (χ3v) is 4.31. The van der Waals surface area contributed by atoms with Crippen molar-refractivity contribution in [2.75, 3.05) is 6.61 Å². The van der Waals surface area contributed by atoms with Crippen molar-refractivity contribution in [3.05, 3.63) is 41.5 Å². The van der Waals surface area contributed by atoms with Crippen LogP contribution in [0.25, 0.3) is 0 Å². The molecule has 0 aliphatic carbocycles. The molecule has 0 bridgehead atoms. The molecule has 1 heterocycles. The van der Waals surface area contributed by atoms with Gasteiger partial charge in [0.1, 0.15) is 18.0 Å². The molecule has 0 radical (unpaired) electrons. The van der Waals surface area contributed by atoms with Gasteiger partial charge in [0.2, 0.25) is 0 Å². The van der Waals surface area contributed by atoms with Crippen molar-refractivity contribution in [1.82, 2.24) is 0 Å². The lowest BCUT2D eigenvalue weighted by Gasteiger charge is -2.25. The molecule has 0 spiro atoms. The van der Waals surface area contributed by atoms with Crippen LogP contribution in [0.3, 0.4) is 0 Å². The smallest absolute Gasteiger partial charge is 0.132 e. The standard InChI is InChI=1S/C17H24O2S/c1-5-18-14-11-16(17(2,3)4)19-15(14)12-20-13-9-7-6-8-10-13/h6-10,12,14,16H,5,11H2,1-4H3/b15-12-/t14-,16+/m1/s1. The zero-order valence-electron chi connectivity index (χ0n) is 12.8. The molecule has 1 saturated heterocycles. The number of benzene rings is 1. The molecular weight excluding hydrogens is 268 g/mol. The summed E-state index contributed by atoms with van der Waals surface area (Å²) in [4.78, 5) is 1.22. The summed E-state index contributed by atoms with van der Waals surface area (Å²) < 4.78 is 12.0. The monoisotopic (exact) mass is 292 g/mol. The predicted molar refractivity (Wildman–Crippen MR) is 84.7 cm³/mol. The molecule has 0 N–H and O–H groups in total. The van der Waals surface area contributed by atoms with Crippen molar-refractivity contribution in [2.24, 2.45) is 5.41 Å². The van der Waals surface area contributed by atoms with E-state index >= 15 is 0 Å². The molecule has 2 atom stereocenters. The second-order valence-electron chi connectivity index (χ2n) is 6.10. The molecule has 2 rings (SSSR count). The highest BCUT2D eigenvalue weighted by molar-refractivity contribution is 8.02. The minimum absolute atomic E-state index is 0.0976. The van der Waals surface area contributed by atoms with Gasteiger partial charge in [-0.25, -0.2) is 0 Å². The summed E-state index contributed by atoms with van der Waals surface area (Å²) in [5.74, 6) is 0.973. The van der Waals surface area contributed by atoms with Crippen LogP contribution in [-0.4, -0.2) is 18.8 Å². The Morgan fingerprint density at radius 1 is 1.30 bits per heavy atom. The van der Waals surface area contributed by atoms with E-state index < -0.39 is 0 Å². The van der Waals surface area contributed by atoms with Gasteiger partial charge in [0, 0.05) is 23.3 Å². The number of thioether (sulfide) groups is 1. The molecule has 0 saturated carbocycles. The average Bonchev–Trinajstić information content (AvgIpc) is 2.81. The van der Waals surface area contributed by atoms with E-state index in [-0.39, 0.29) is 17.6 Å². The number of hydrogen-bond acceptors (Lipinski definition) is 3. The minimum Gasteiger partial charge on any atom is -0.491 e. The van der Waals surface area contributed by atoms with Crippen LogP contribution in [-0.2, 0) is 9.47 Å². The van der Waals surface area contributed by atoms with Crippen LogP contribution in [0.15, 0.2) is 46.4 Å². The Hall–Kier alpha value is -0.930. The lowest BCUT2D eigenvalue weighted by molar-refractivity contribution is 0.0615. The van der Waals surface area contributed by atoms with Crippen LogP contribution in [0.1, 0.15) is 34.1 Å². The van der Waals surface area contributed by atoms with Gasteiger partial charge in [-0.05, 0) is 24.5 Å². The molecule has 20 heavy (non-hydrogen) atoms. The van der Waals surface area contributed by atoms with Crippen LogP contribution in [0.5, 0.6) is 0 Å². The molecule has 1 aliphatic heterocycles. The Bertz CT molecular complexity index is 448. The molecule has 0 unspecified atom stereocenters. The second kappa shape index (κ2) is 6.68. The number of rotatable bonds is 4. The maximum atomic E-state index is 6.13. The van der Waals surface area contributed by atoms with Gasteiger partial charge in [-0.3, -0.25) is 0 Å². The summed E-state index contributed by atoms with van der Waals surface area (Å²) >= 11 is 1.69. The molecule has 2 nitrogen and oxygen atoms in total. The first-order valence-electron chi connectivity index (χ1n) is 7.20. The molecule has 110 valence electrons. The van der Waals surface area contributed by atoms with Gasteiger partial charge in [-0.2, -0.15) is 0 Å². The maximum absolute atomic E-state index is 6.13. The SMILES string of the molecule is CCO[C@@H]1C[C@@H](C(C)(C)C)O/C1=C\Sc1ccccc1. The lowest BCUT2D eigenvalue weighted by atomic mass is 9.87. The van der Waals surface area contributed by atoms with Gasteiger partial charge in [-0.15, -0.1) is 0 Å². The molecule has 1 fully saturated rings. The summed E-state index contributed by atoms with van der Waals surface area (Å²) in [6, 6.07) is 10.3. The summed E-state index contributed by atoms with van der Waals surface area (Å²) in [5, 5.41) is 2.10. The molecule has 1 aromatic carbocycles. The zero-order chi connectivity index (χ0) is 14.6. The summed E-state index contributed by atoms with van der Waals surface area (Å²) in [6.07, 6.45) is 1.26.